The largest absolute Gasteiger partial charge is 0.361 e. The molecule has 3 aromatic rings. The molecule has 0 aliphatic carbocycles. The molecular weight excluding hydrogens is 382 g/mol. The quantitative estimate of drug-likeness (QED) is 0.648. The minimum Gasteiger partial charge on any atom is -0.361 e. The van der Waals surface area contributed by atoms with Gasteiger partial charge in [-0.15, -0.1) is 11.3 Å². The van der Waals surface area contributed by atoms with E-state index in [0.717, 1.165) is 41.1 Å². The van der Waals surface area contributed by atoms with Gasteiger partial charge in [-0.2, -0.15) is 4.31 Å². The van der Waals surface area contributed by atoms with Crippen molar-refractivity contribution in [1.82, 2.24) is 14.4 Å². The van der Waals surface area contributed by atoms with Crippen molar-refractivity contribution in [3.8, 4) is 10.4 Å². The summed E-state index contributed by atoms with van der Waals surface area (Å²) in [5.74, 6) is 0.697. The van der Waals surface area contributed by atoms with Crippen LogP contribution in [0.15, 0.2) is 45.3 Å². The highest BCUT2D eigenvalue weighted by Crippen LogP contribution is 2.39. The van der Waals surface area contributed by atoms with Crippen LogP contribution in [0.5, 0.6) is 0 Å². The smallest absolute Gasteiger partial charge is 0.253 e. The number of rotatable bonds is 4. The molecule has 0 bridgehead atoms. The van der Waals surface area contributed by atoms with E-state index in [4.69, 9.17) is 4.52 Å². The first-order valence-corrected chi connectivity index (χ1v) is 11.2. The number of aromatic nitrogens is 2. The highest BCUT2D eigenvalue weighted by Gasteiger charge is 2.36. The van der Waals surface area contributed by atoms with Gasteiger partial charge in [-0.25, -0.2) is 8.42 Å². The first-order valence-electron chi connectivity index (χ1n) is 8.94. The monoisotopic (exact) mass is 403 g/mol. The van der Waals surface area contributed by atoms with Crippen LogP contribution in [0.4, 0.5) is 0 Å². The van der Waals surface area contributed by atoms with Crippen LogP contribution >= 0.6 is 11.3 Å². The van der Waals surface area contributed by atoms with Gasteiger partial charge < -0.3 is 4.52 Å². The molecule has 142 valence electrons. The van der Waals surface area contributed by atoms with Crippen LogP contribution in [0, 0.1) is 13.8 Å². The summed E-state index contributed by atoms with van der Waals surface area (Å²) in [5, 5.41) is 3.97. The van der Waals surface area contributed by atoms with Gasteiger partial charge in [-0.05, 0) is 51.0 Å². The lowest BCUT2D eigenvalue weighted by atomic mass is 10.0. The van der Waals surface area contributed by atoms with E-state index < -0.39 is 10.0 Å². The second-order valence-electron chi connectivity index (χ2n) is 6.70. The highest BCUT2D eigenvalue weighted by atomic mass is 32.2. The Bertz CT molecular complexity index is 1020. The minimum atomic E-state index is -3.59. The third kappa shape index (κ3) is 3.33. The van der Waals surface area contributed by atoms with Crippen molar-refractivity contribution in [2.75, 3.05) is 6.54 Å². The van der Waals surface area contributed by atoms with Crippen LogP contribution in [-0.2, 0) is 10.0 Å². The van der Waals surface area contributed by atoms with Crippen molar-refractivity contribution >= 4 is 21.4 Å². The third-order valence-corrected chi connectivity index (χ3v) is 8.39. The van der Waals surface area contributed by atoms with E-state index in [0.29, 0.717) is 16.5 Å². The molecule has 1 fully saturated rings. The minimum absolute atomic E-state index is 0.213. The number of hydrogen-bond donors (Lipinski definition) is 0. The number of aryl methyl sites for hydroxylation is 2. The SMILES string of the molecule is Cc1noc(C)c1-c1ccc(S(=O)(=O)N2CCCCC2c2ccccn2)s1. The molecule has 0 N–H and O–H groups in total. The second-order valence-corrected chi connectivity index (χ2v) is 9.90. The summed E-state index contributed by atoms with van der Waals surface area (Å²) in [6.07, 6.45) is 4.38. The fourth-order valence-electron chi connectivity index (χ4n) is 3.60. The maximum atomic E-state index is 13.4. The van der Waals surface area contributed by atoms with Crippen molar-refractivity contribution < 1.29 is 12.9 Å². The molecule has 1 atom stereocenters. The molecule has 4 heterocycles. The van der Waals surface area contributed by atoms with Gasteiger partial charge in [0, 0.05) is 17.6 Å². The molecule has 4 rings (SSSR count). The molecule has 1 saturated heterocycles. The first-order chi connectivity index (χ1) is 13.0. The topological polar surface area (TPSA) is 76.3 Å². The van der Waals surface area contributed by atoms with Gasteiger partial charge in [0.25, 0.3) is 10.0 Å². The van der Waals surface area contributed by atoms with Crippen molar-refractivity contribution in [3.63, 3.8) is 0 Å². The average molecular weight is 404 g/mol. The van der Waals surface area contributed by atoms with Gasteiger partial charge in [0.2, 0.25) is 0 Å². The van der Waals surface area contributed by atoms with E-state index in [1.54, 1.807) is 16.6 Å². The maximum Gasteiger partial charge on any atom is 0.253 e. The fraction of sp³-hybridized carbons (Fsp3) is 0.368. The molecule has 8 heteroatoms. The Morgan fingerprint density at radius 2 is 2.04 bits per heavy atom. The zero-order chi connectivity index (χ0) is 19.0. The number of nitrogens with zero attached hydrogens (tertiary/aromatic N) is 3. The summed E-state index contributed by atoms with van der Waals surface area (Å²) in [5.41, 5.74) is 2.45. The maximum absolute atomic E-state index is 13.4. The molecule has 1 aliphatic heterocycles. The predicted molar refractivity (Wildman–Crippen MR) is 104 cm³/mol. The number of thiophene rings is 1. The molecule has 6 nitrogen and oxygen atoms in total. The summed E-state index contributed by atoms with van der Waals surface area (Å²) < 4.78 is 34.0. The van der Waals surface area contributed by atoms with Crippen LogP contribution < -0.4 is 0 Å². The lowest BCUT2D eigenvalue weighted by molar-refractivity contribution is 0.252. The summed E-state index contributed by atoms with van der Waals surface area (Å²) in [7, 11) is -3.59. The molecular formula is C19H21N3O3S2. The lowest BCUT2D eigenvalue weighted by Gasteiger charge is -2.33. The molecule has 0 saturated carbocycles. The van der Waals surface area contributed by atoms with Crippen LogP contribution in [0.3, 0.4) is 0 Å². The Kier molecular flexibility index (Phi) is 4.88. The summed E-state index contributed by atoms with van der Waals surface area (Å²) in [4.78, 5) is 5.26. The Morgan fingerprint density at radius 1 is 1.19 bits per heavy atom. The molecule has 27 heavy (non-hydrogen) atoms. The van der Waals surface area contributed by atoms with E-state index in [9.17, 15) is 8.42 Å². The van der Waals surface area contributed by atoms with Crippen molar-refractivity contribution in [1.29, 1.82) is 0 Å². The average Bonchev–Trinajstić information content (AvgIpc) is 3.29. The number of piperidine rings is 1. The van der Waals surface area contributed by atoms with Gasteiger partial charge in [-0.1, -0.05) is 17.6 Å². The first kappa shape index (κ1) is 18.3. The summed E-state index contributed by atoms with van der Waals surface area (Å²) >= 11 is 1.27. The van der Waals surface area contributed by atoms with Gasteiger partial charge in [0.05, 0.1) is 23.0 Å². The zero-order valence-corrected chi connectivity index (χ0v) is 16.9. The third-order valence-electron chi connectivity index (χ3n) is 4.91. The number of sulfonamides is 1. The molecule has 1 unspecified atom stereocenters. The number of hydrogen-bond acceptors (Lipinski definition) is 6. The summed E-state index contributed by atoms with van der Waals surface area (Å²) in [6.45, 7) is 4.22. The van der Waals surface area contributed by atoms with Crippen molar-refractivity contribution in [2.45, 2.75) is 43.4 Å². The van der Waals surface area contributed by atoms with Gasteiger partial charge in [0.1, 0.15) is 9.97 Å². The lowest BCUT2D eigenvalue weighted by Crippen LogP contribution is -2.38. The van der Waals surface area contributed by atoms with E-state index in [-0.39, 0.29) is 6.04 Å². The van der Waals surface area contributed by atoms with Crippen LogP contribution in [-0.4, -0.2) is 29.4 Å². The Hall–Kier alpha value is -2.03. The van der Waals surface area contributed by atoms with Crippen LogP contribution in [0.1, 0.15) is 42.5 Å². The van der Waals surface area contributed by atoms with E-state index in [2.05, 4.69) is 10.1 Å². The highest BCUT2D eigenvalue weighted by molar-refractivity contribution is 7.91. The van der Waals surface area contributed by atoms with E-state index in [1.807, 2.05) is 38.1 Å². The van der Waals surface area contributed by atoms with Gasteiger partial charge in [0.15, 0.2) is 0 Å². The Balaban J connectivity index is 1.70. The van der Waals surface area contributed by atoms with E-state index in [1.165, 1.54) is 11.3 Å². The fourth-order valence-corrected chi connectivity index (χ4v) is 6.85. The van der Waals surface area contributed by atoms with Crippen molar-refractivity contribution in [2.24, 2.45) is 0 Å². The normalized spacial score (nSPS) is 18.7. The molecule has 1 aliphatic rings. The van der Waals surface area contributed by atoms with Gasteiger partial charge >= 0.3 is 0 Å². The van der Waals surface area contributed by atoms with Crippen LogP contribution in [0.25, 0.3) is 10.4 Å². The second kappa shape index (κ2) is 7.18. The van der Waals surface area contributed by atoms with Gasteiger partial charge in [-0.3, -0.25) is 4.98 Å². The van der Waals surface area contributed by atoms with Crippen molar-refractivity contribution in [3.05, 3.63) is 53.7 Å². The molecule has 0 aromatic carbocycles. The standard InChI is InChI=1S/C19H21N3O3S2/c1-13-19(14(2)25-21-13)17-9-10-18(26-17)27(23,24)22-12-6-4-8-16(22)15-7-3-5-11-20-15/h3,5,7,9-11,16H,4,6,8,12H2,1-2H3. The predicted octanol–water partition coefficient (Wildman–Crippen LogP) is 4.33. The zero-order valence-electron chi connectivity index (χ0n) is 15.3. The number of pyridine rings is 1. The molecule has 0 radical (unpaired) electrons. The Labute approximate surface area is 162 Å². The Morgan fingerprint density at radius 3 is 2.74 bits per heavy atom. The molecule has 0 amide bonds. The van der Waals surface area contributed by atoms with E-state index >= 15 is 0 Å². The molecule has 3 aromatic heterocycles. The van der Waals surface area contributed by atoms with Crippen LogP contribution in [0.2, 0.25) is 0 Å². The molecule has 0 spiro atoms. The summed E-state index contributed by atoms with van der Waals surface area (Å²) in [6, 6.07) is 8.97.